The zero-order valence-electron chi connectivity index (χ0n) is 11.6. The molecule has 0 amide bonds. The monoisotopic (exact) mass is 308 g/mol. The van der Waals surface area contributed by atoms with Gasteiger partial charge in [-0.3, -0.25) is 9.20 Å². The average molecular weight is 308 g/mol. The number of tetrazole rings is 1. The van der Waals surface area contributed by atoms with Crippen molar-refractivity contribution in [2.75, 3.05) is 6.79 Å². The highest BCUT2D eigenvalue weighted by Crippen LogP contribution is 2.34. The summed E-state index contributed by atoms with van der Waals surface area (Å²) in [4.78, 5) is 17.3. The Hall–Kier alpha value is -3.49. The van der Waals surface area contributed by atoms with Gasteiger partial charge in [-0.2, -0.15) is 5.21 Å². The second kappa shape index (κ2) is 4.26. The first-order valence-electron chi connectivity index (χ1n) is 6.79. The number of H-pyrrole nitrogens is 1. The zero-order chi connectivity index (χ0) is 15.4. The molecule has 0 saturated carbocycles. The van der Waals surface area contributed by atoms with E-state index in [0.29, 0.717) is 39.4 Å². The fourth-order valence-electron chi connectivity index (χ4n) is 2.61. The van der Waals surface area contributed by atoms with E-state index in [4.69, 9.17) is 9.47 Å². The van der Waals surface area contributed by atoms with Crippen LogP contribution in [-0.4, -0.2) is 36.8 Å². The van der Waals surface area contributed by atoms with Crippen molar-refractivity contribution in [3.63, 3.8) is 0 Å². The summed E-state index contributed by atoms with van der Waals surface area (Å²) in [6, 6.07) is 6.88. The highest BCUT2D eigenvalue weighted by atomic mass is 16.7. The van der Waals surface area contributed by atoms with Gasteiger partial charge in [0.1, 0.15) is 5.65 Å². The van der Waals surface area contributed by atoms with E-state index >= 15 is 0 Å². The Morgan fingerprint density at radius 3 is 2.87 bits per heavy atom. The van der Waals surface area contributed by atoms with E-state index in [1.54, 1.807) is 30.5 Å². The molecule has 23 heavy (non-hydrogen) atoms. The Balaban J connectivity index is 1.84. The lowest BCUT2D eigenvalue weighted by molar-refractivity contribution is 0.174. The van der Waals surface area contributed by atoms with Gasteiger partial charge in [-0.1, -0.05) is 0 Å². The molecular formula is C14H8N6O3. The number of rotatable bonds is 1. The van der Waals surface area contributed by atoms with Gasteiger partial charge in [-0.25, -0.2) is 4.98 Å². The van der Waals surface area contributed by atoms with E-state index in [1.807, 2.05) is 0 Å². The van der Waals surface area contributed by atoms with Crippen molar-refractivity contribution in [2.45, 2.75) is 0 Å². The van der Waals surface area contributed by atoms with E-state index < -0.39 is 0 Å². The molecule has 1 aliphatic heterocycles. The lowest BCUT2D eigenvalue weighted by Gasteiger charge is -2.05. The molecule has 1 aliphatic rings. The lowest BCUT2D eigenvalue weighted by atomic mass is 10.2. The molecule has 1 N–H and O–H groups in total. The molecule has 0 radical (unpaired) electrons. The maximum atomic E-state index is 12.8. The van der Waals surface area contributed by atoms with Gasteiger partial charge in [0.05, 0.1) is 10.9 Å². The lowest BCUT2D eigenvalue weighted by Crippen LogP contribution is -2.15. The van der Waals surface area contributed by atoms with E-state index in [0.717, 1.165) is 0 Å². The summed E-state index contributed by atoms with van der Waals surface area (Å²) in [6.45, 7) is 0.147. The molecule has 9 nitrogen and oxygen atoms in total. The van der Waals surface area contributed by atoms with Crippen molar-refractivity contribution in [1.29, 1.82) is 0 Å². The molecule has 0 bridgehead atoms. The number of pyridine rings is 1. The van der Waals surface area contributed by atoms with Crippen LogP contribution in [0.3, 0.4) is 0 Å². The van der Waals surface area contributed by atoms with Gasteiger partial charge in [-0.15, -0.1) is 10.2 Å². The van der Waals surface area contributed by atoms with Gasteiger partial charge in [0.25, 0.3) is 5.56 Å². The molecule has 0 unspecified atom stereocenters. The number of nitrogens with one attached hydrogen (secondary N) is 1. The smallest absolute Gasteiger partial charge is 0.265 e. The number of fused-ring (bicyclic) bond motifs is 3. The van der Waals surface area contributed by atoms with Crippen LogP contribution in [0.1, 0.15) is 0 Å². The second-order valence-electron chi connectivity index (χ2n) is 5.02. The minimum absolute atomic E-state index is 0.147. The zero-order valence-corrected chi connectivity index (χ0v) is 11.6. The van der Waals surface area contributed by atoms with Crippen molar-refractivity contribution in [3.05, 3.63) is 40.8 Å². The summed E-state index contributed by atoms with van der Waals surface area (Å²) in [7, 11) is 0. The number of ether oxygens (including phenoxy) is 2. The third-order valence-corrected chi connectivity index (χ3v) is 3.71. The number of aromatic nitrogens is 6. The Morgan fingerprint density at radius 1 is 1.17 bits per heavy atom. The van der Waals surface area contributed by atoms with Gasteiger partial charge >= 0.3 is 0 Å². The van der Waals surface area contributed by atoms with E-state index in [1.165, 1.54) is 4.40 Å². The fraction of sp³-hybridized carbons (Fsp3) is 0.0714. The maximum Gasteiger partial charge on any atom is 0.265 e. The molecule has 0 saturated heterocycles. The summed E-state index contributed by atoms with van der Waals surface area (Å²) in [5, 5.41) is 14.2. The molecule has 9 heteroatoms. The normalized spacial score (nSPS) is 13.0. The van der Waals surface area contributed by atoms with Gasteiger partial charge in [0.2, 0.25) is 12.6 Å². The van der Waals surface area contributed by atoms with Crippen LogP contribution in [0, 0.1) is 0 Å². The van der Waals surface area contributed by atoms with E-state index in [9.17, 15) is 4.79 Å². The minimum atomic E-state index is -0.200. The first kappa shape index (κ1) is 12.1. The molecule has 0 fully saturated rings. The maximum absolute atomic E-state index is 12.8. The standard InChI is InChI=1S/C14H8N6O3/c21-14-8-3-10-11(23-6-22-10)4-9(8)15-12-2-1-7(5-20(12)14)13-16-18-19-17-13/h1-5H,6H2,(H,16,17,18,19). The number of hydrogen-bond acceptors (Lipinski definition) is 7. The number of nitrogens with zero attached hydrogens (tertiary/aromatic N) is 5. The minimum Gasteiger partial charge on any atom is -0.454 e. The summed E-state index contributed by atoms with van der Waals surface area (Å²) < 4.78 is 12.1. The Morgan fingerprint density at radius 2 is 2.04 bits per heavy atom. The summed E-state index contributed by atoms with van der Waals surface area (Å²) in [6.07, 6.45) is 1.64. The third kappa shape index (κ3) is 1.70. The molecule has 0 aliphatic carbocycles. The Bertz CT molecular complexity index is 1120. The molecular weight excluding hydrogens is 300 g/mol. The fourth-order valence-corrected chi connectivity index (χ4v) is 2.61. The van der Waals surface area contributed by atoms with Crippen molar-refractivity contribution < 1.29 is 9.47 Å². The topological polar surface area (TPSA) is 107 Å². The molecule has 5 rings (SSSR count). The third-order valence-electron chi connectivity index (χ3n) is 3.71. The van der Waals surface area contributed by atoms with Crippen molar-refractivity contribution in [3.8, 4) is 22.9 Å². The summed E-state index contributed by atoms with van der Waals surface area (Å²) >= 11 is 0. The van der Waals surface area contributed by atoms with E-state index in [2.05, 4.69) is 25.6 Å². The first-order valence-corrected chi connectivity index (χ1v) is 6.79. The SMILES string of the molecule is O=c1c2cc3c(cc2nc2ccc(-c4nn[nH]n4)cn12)OCO3. The number of benzene rings is 1. The summed E-state index contributed by atoms with van der Waals surface area (Å²) in [5.41, 5.74) is 1.55. The highest BCUT2D eigenvalue weighted by Gasteiger charge is 2.17. The van der Waals surface area contributed by atoms with Crippen LogP contribution in [0.15, 0.2) is 35.3 Å². The predicted octanol–water partition coefficient (Wildman–Crippen LogP) is 0.756. The van der Waals surface area contributed by atoms with Crippen LogP contribution in [-0.2, 0) is 0 Å². The Kier molecular flexibility index (Phi) is 2.24. The second-order valence-corrected chi connectivity index (χ2v) is 5.02. The first-order chi connectivity index (χ1) is 11.3. The molecule has 1 aromatic carbocycles. The highest BCUT2D eigenvalue weighted by molar-refractivity contribution is 5.84. The van der Waals surface area contributed by atoms with Crippen LogP contribution in [0.4, 0.5) is 0 Å². The number of aromatic amines is 1. The molecule has 3 aromatic heterocycles. The van der Waals surface area contributed by atoms with Crippen LogP contribution in [0.2, 0.25) is 0 Å². The van der Waals surface area contributed by atoms with Crippen LogP contribution >= 0.6 is 0 Å². The van der Waals surface area contributed by atoms with Crippen molar-refractivity contribution >= 4 is 16.6 Å². The molecule has 0 atom stereocenters. The van der Waals surface area contributed by atoms with Crippen molar-refractivity contribution in [2.24, 2.45) is 0 Å². The summed E-state index contributed by atoms with van der Waals surface area (Å²) in [5.74, 6) is 1.55. The van der Waals surface area contributed by atoms with Gasteiger partial charge < -0.3 is 9.47 Å². The van der Waals surface area contributed by atoms with Crippen molar-refractivity contribution in [1.82, 2.24) is 30.0 Å². The molecule has 0 spiro atoms. The van der Waals surface area contributed by atoms with Crippen LogP contribution in [0.5, 0.6) is 11.5 Å². The Labute approximate surface area is 127 Å². The van der Waals surface area contributed by atoms with E-state index in [-0.39, 0.29) is 12.4 Å². The molecule has 4 aromatic rings. The average Bonchev–Trinajstić information content (AvgIpc) is 3.24. The quantitative estimate of drug-likeness (QED) is 0.517. The van der Waals surface area contributed by atoms with Crippen LogP contribution < -0.4 is 15.0 Å². The molecule has 4 heterocycles. The van der Waals surface area contributed by atoms with Gasteiger partial charge in [-0.05, 0) is 23.4 Å². The predicted molar refractivity (Wildman–Crippen MR) is 78.3 cm³/mol. The van der Waals surface area contributed by atoms with Gasteiger partial charge in [0, 0.05) is 17.8 Å². The largest absolute Gasteiger partial charge is 0.454 e. The van der Waals surface area contributed by atoms with Gasteiger partial charge in [0.15, 0.2) is 11.5 Å². The van der Waals surface area contributed by atoms with Crippen LogP contribution in [0.25, 0.3) is 27.9 Å². The molecule has 112 valence electrons. The number of hydrogen-bond donors (Lipinski definition) is 1.